The number of carbonyl (C=O) groups excluding carboxylic acids is 2. The summed E-state index contributed by atoms with van der Waals surface area (Å²) in [5.41, 5.74) is 3.51. The number of nitrogens with two attached hydrogens (primary N) is 1. The van der Waals surface area contributed by atoms with Crippen molar-refractivity contribution in [2.45, 2.75) is 37.3 Å². The molecule has 2 unspecified atom stereocenters. The predicted molar refractivity (Wildman–Crippen MR) is 48.1 cm³/mol. The Bertz CT molecular complexity index is 292. The molecule has 3 N–H and O–H groups in total. The molecule has 2 heterocycles. The Morgan fingerprint density at radius 2 is 2.29 bits per heavy atom. The first-order valence-electron chi connectivity index (χ1n) is 4.87. The van der Waals surface area contributed by atoms with Crippen molar-refractivity contribution >= 4 is 11.8 Å². The van der Waals surface area contributed by atoms with Crippen LogP contribution in [0.5, 0.6) is 0 Å². The molecule has 0 aromatic rings. The van der Waals surface area contributed by atoms with Crippen molar-refractivity contribution in [1.82, 2.24) is 4.90 Å². The van der Waals surface area contributed by atoms with Crippen LogP contribution >= 0.6 is 0 Å². The van der Waals surface area contributed by atoms with Crippen LogP contribution in [0.1, 0.15) is 25.7 Å². The lowest BCUT2D eigenvalue weighted by molar-refractivity contribution is -0.139. The number of fused-ring (bicyclic) bond motifs is 1. The smallest absolute Gasteiger partial charge is 0.252 e. The maximum absolute atomic E-state index is 11.5. The van der Waals surface area contributed by atoms with Crippen molar-refractivity contribution in [1.29, 1.82) is 0 Å². The van der Waals surface area contributed by atoms with Crippen LogP contribution in [0, 0.1) is 0 Å². The molecule has 2 aliphatic rings. The van der Waals surface area contributed by atoms with Gasteiger partial charge < -0.3 is 15.7 Å². The minimum absolute atomic E-state index is 0.146. The molecule has 0 bridgehead atoms. The van der Waals surface area contributed by atoms with Crippen LogP contribution in [-0.2, 0) is 9.59 Å². The van der Waals surface area contributed by atoms with E-state index in [-0.39, 0.29) is 18.4 Å². The fourth-order valence-electron chi connectivity index (χ4n) is 2.43. The summed E-state index contributed by atoms with van der Waals surface area (Å²) in [5, 5.41) is 10.00. The van der Waals surface area contributed by atoms with Gasteiger partial charge in [-0.25, -0.2) is 0 Å². The lowest BCUT2D eigenvalue weighted by Gasteiger charge is -2.35. The number of rotatable bonds is 1. The van der Waals surface area contributed by atoms with Crippen LogP contribution in [0.3, 0.4) is 0 Å². The average Bonchev–Trinajstić information content (AvgIpc) is 2.42. The molecule has 5 nitrogen and oxygen atoms in total. The van der Waals surface area contributed by atoms with Gasteiger partial charge in [0.1, 0.15) is 0 Å². The summed E-state index contributed by atoms with van der Waals surface area (Å²) in [7, 11) is 0. The number of carbonyl (C=O) groups is 2. The number of hydrogen-bond acceptors (Lipinski definition) is 3. The third-order valence-electron chi connectivity index (χ3n) is 3.22. The summed E-state index contributed by atoms with van der Waals surface area (Å²) in [6.45, 7) is 0.638. The zero-order valence-electron chi connectivity index (χ0n) is 7.90. The van der Waals surface area contributed by atoms with Crippen molar-refractivity contribution in [2.75, 3.05) is 6.54 Å². The molecule has 2 rings (SSSR count). The third-order valence-corrected chi connectivity index (χ3v) is 3.22. The lowest BCUT2D eigenvalue weighted by atomic mass is 9.88. The number of hydrogen-bond donors (Lipinski definition) is 2. The molecular formula is C9H14N2O3. The summed E-state index contributed by atoms with van der Waals surface area (Å²) in [6.07, 6.45) is 2.40. The largest absolute Gasteiger partial charge is 0.377 e. The lowest BCUT2D eigenvalue weighted by Crippen LogP contribution is -2.54. The van der Waals surface area contributed by atoms with Gasteiger partial charge in [-0.15, -0.1) is 0 Å². The molecule has 0 aromatic heterocycles. The van der Waals surface area contributed by atoms with E-state index in [1.807, 2.05) is 0 Å². The molecule has 2 aliphatic heterocycles. The Kier molecular flexibility index (Phi) is 1.99. The zero-order chi connectivity index (χ0) is 10.3. The van der Waals surface area contributed by atoms with E-state index in [2.05, 4.69) is 0 Å². The van der Waals surface area contributed by atoms with Crippen LogP contribution in [-0.4, -0.2) is 40.0 Å². The van der Waals surface area contributed by atoms with Gasteiger partial charge in [0.25, 0.3) is 5.91 Å². The molecule has 0 spiro atoms. The van der Waals surface area contributed by atoms with Gasteiger partial charge in [0.15, 0.2) is 5.60 Å². The van der Waals surface area contributed by atoms with E-state index >= 15 is 0 Å². The number of piperidine rings is 1. The van der Waals surface area contributed by atoms with Crippen molar-refractivity contribution in [3.05, 3.63) is 0 Å². The molecule has 0 aromatic carbocycles. The Hall–Kier alpha value is -1.10. The van der Waals surface area contributed by atoms with Crippen LogP contribution in [0.2, 0.25) is 0 Å². The fourth-order valence-corrected chi connectivity index (χ4v) is 2.43. The van der Waals surface area contributed by atoms with E-state index in [9.17, 15) is 14.7 Å². The van der Waals surface area contributed by atoms with Crippen molar-refractivity contribution in [3.8, 4) is 0 Å². The Morgan fingerprint density at radius 1 is 1.57 bits per heavy atom. The highest BCUT2D eigenvalue weighted by molar-refractivity contribution is 5.94. The highest BCUT2D eigenvalue weighted by Gasteiger charge is 2.54. The van der Waals surface area contributed by atoms with Crippen LogP contribution in [0.15, 0.2) is 0 Å². The molecule has 14 heavy (non-hydrogen) atoms. The normalized spacial score (nSPS) is 37.1. The van der Waals surface area contributed by atoms with Gasteiger partial charge in [0.2, 0.25) is 5.91 Å². The molecule has 0 aliphatic carbocycles. The van der Waals surface area contributed by atoms with Crippen molar-refractivity contribution in [3.63, 3.8) is 0 Å². The number of amides is 2. The molecule has 0 saturated carbocycles. The van der Waals surface area contributed by atoms with Gasteiger partial charge in [-0.2, -0.15) is 0 Å². The first kappa shape index (κ1) is 9.45. The minimum atomic E-state index is -1.63. The second-order valence-corrected chi connectivity index (χ2v) is 4.06. The summed E-state index contributed by atoms with van der Waals surface area (Å²) >= 11 is 0. The number of aliphatic hydroxyl groups is 1. The SMILES string of the molecule is NC(=O)C1(O)CC(=O)N2CCCCC21. The zero-order valence-corrected chi connectivity index (χ0v) is 7.90. The van der Waals surface area contributed by atoms with E-state index in [1.165, 1.54) is 0 Å². The molecule has 2 amide bonds. The molecule has 2 fully saturated rings. The standard InChI is InChI=1S/C9H14N2O3/c10-8(13)9(14)5-7(12)11-4-2-1-3-6(9)11/h6,14H,1-5H2,(H2,10,13). The van der Waals surface area contributed by atoms with Crippen LogP contribution < -0.4 is 5.73 Å². The average molecular weight is 198 g/mol. The van der Waals surface area contributed by atoms with Gasteiger partial charge in [-0.05, 0) is 19.3 Å². The van der Waals surface area contributed by atoms with Crippen molar-refractivity contribution in [2.24, 2.45) is 5.73 Å². The second-order valence-electron chi connectivity index (χ2n) is 4.06. The summed E-state index contributed by atoms with van der Waals surface area (Å²) in [4.78, 5) is 24.2. The van der Waals surface area contributed by atoms with Gasteiger partial charge in [0.05, 0.1) is 12.5 Å². The molecule has 2 atom stereocenters. The van der Waals surface area contributed by atoms with Crippen molar-refractivity contribution < 1.29 is 14.7 Å². The fraction of sp³-hybridized carbons (Fsp3) is 0.778. The predicted octanol–water partition coefficient (Wildman–Crippen LogP) is -1.01. The molecule has 78 valence electrons. The molecule has 2 saturated heterocycles. The summed E-state index contributed by atoms with van der Waals surface area (Å²) < 4.78 is 0. The highest BCUT2D eigenvalue weighted by Crippen LogP contribution is 2.35. The maximum Gasteiger partial charge on any atom is 0.252 e. The Balaban J connectivity index is 2.30. The van der Waals surface area contributed by atoms with Gasteiger partial charge >= 0.3 is 0 Å². The maximum atomic E-state index is 11.5. The molecule has 0 radical (unpaired) electrons. The number of primary amides is 1. The summed E-state index contributed by atoms with van der Waals surface area (Å²) in [5.74, 6) is -0.934. The van der Waals surface area contributed by atoms with E-state index in [0.717, 1.165) is 12.8 Å². The van der Waals surface area contributed by atoms with Crippen LogP contribution in [0.25, 0.3) is 0 Å². The van der Waals surface area contributed by atoms with Gasteiger partial charge in [-0.1, -0.05) is 0 Å². The quantitative estimate of drug-likeness (QED) is 0.566. The van der Waals surface area contributed by atoms with E-state index in [1.54, 1.807) is 4.90 Å². The first-order valence-corrected chi connectivity index (χ1v) is 4.87. The minimum Gasteiger partial charge on any atom is -0.377 e. The Labute approximate surface area is 81.9 Å². The van der Waals surface area contributed by atoms with E-state index < -0.39 is 11.5 Å². The third kappa shape index (κ3) is 1.12. The van der Waals surface area contributed by atoms with Gasteiger partial charge in [0, 0.05) is 6.54 Å². The summed E-state index contributed by atoms with van der Waals surface area (Å²) in [6, 6.07) is -0.388. The monoisotopic (exact) mass is 198 g/mol. The number of nitrogens with zero attached hydrogens (tertiary/aromatic N) is 1. The van der Waals surface area contributed by atoms with E-state index in [4.69, 9.17) is 5.73 Å². The van der Waals surface area contributed by atoms with Crippen LogP contribution in [0.4, 0.5) is 0 Å². The second kappa shape index (κ2) is 2.95. The topological polar surface area (TPSA) is 83.6 Å². The highest BCUT2D eigenvalue weighted by atomic mass is 16.3. The van der Waals surface area contributed by atoms with E-state index in [0.29, 0.717) is 13.0 Å². The Morgan fingerprint density at radius 3 is 2.93 bits per heavy atom. The van der Waals surface area contributed by atoms with Gasteiger partial charge in [-0.3, -0.25) is 9.59 Å². The molecule has 5 heteroatoms. The molecular weight excluding hydrogens is 184 g/mol. The first-order chi connectivity index (χ1) is 6.55.